The third-order valence-electron chi connectivity index (χ3n) is 3.27. The van der Waals surface area contributed by atoms with Crippen molar-refractivity contribution in [1.82, 2.24) is 10.1 Å². The number of hydrogen-bond donors (Lipinski definition) is 2. The van der Waals surface area contributed by atoms with Crippen molar-refractivity contribution in [3.05, 3.63) is 11.7 Å². The van der Waals surface area contributed by atoms with E-state index in [2.05, 4.69) is 17.1 Å². The lowest BCUT2D eigenvalue weighted by Crippen LogP contribution is -2.12. The van der Waals surface area contributed by atoms with Crippen LogP contribution in [0.25, 0.3) is 0 Å². The summed E-state index contributed by atoms with van der Waals surface area (Å²) in [5, 5.41) is 12.8. The van der Waals surface area contributed by atoms with Gasteiger partial charge in [0.25, 0.3) is 0 Å². The van der Waals surface area contributed by atoms with Crippen LogP contribution in [0.4, 0.5) is 0 Å². The number of aliphatic hydroxyl groups excluding tert-OH is 1. The van der Waals surface area contributed by atoms with Crippen molar-refractivity contribution in [2.24, 2.45) is 11.7 Å². The van der Waals surface area contributed by atoms with Crippen LogP contribution in [0.15, 0.2) is 4.52 Å². The molecule has 1 aliphatic carbocycles. The van der Waals surface area contributed by atoms with Crippen LogP contribution < -0.4 is 5.73 Å². The first kappa shape index (κ1) is 11.5. The molecule has 0 amide bonds. The van der Waals surface area contributed by atoms with Gasteiger partial charge in [0, 0.05) is 12.5 Å². The molecule has 3 N–H and O–H groups in total. The van der Waals surface area contributed by atoms with Gasteiger partial charge >= 0.3 is 0 Å². The van der Waals surface area contributed by atoms with E-state index >= 15 is 0 Å². The van der Waals surface area contributed by atoms with Crippen molar-refractivity contribution in [2.75, 3.05) is 6.61 Å². The monoisotopic (exact) mass is 225 g/mol. The van der Waals surface area contributed by atoms with Crippen LogP contribution >= 0.6 is 0 Å². The number of hydrogen-bond acceptors (Lipinski definition) is 5. The molecule has 1 aromatic heterocycles. The van der Waals surface area contributed by atoms with Gasteiger partial charge in [0.15, 0.2) is 5.82 Å². The van der Waals surface area contributed by atoms with Gasteiger partial charge in [-0.1, -0.05) is 12.1 Å². The highest BCUT2D eigenvalue weighted by atomic mass is 16.5. The molecule has 90 valence electrons. The Balaban J connectivity index is 2.01. The van der Waals surface area contributed by atoms with Gasteiger partial charge in [-0.15, -0.1) is 0 Å². The lowest BCUT2D eigenvalue weighted by molar-refractivity contribution is 0.259. The van der Waals surface area contributed by atoms with E-state index in [1.807, 2.05) is 0 Å². The minimum Gasteiger partial charge on any atom is -0.396 e. The maximum Gasteiger partial charge on any atom is 0.243 e. The van der Waals surface area contributed by atoms with Gasteiger partial charge in [0.05, 0.1) is 6.04 Å². The van der Waals surface area contributed by atoms with E-state index in [-0.39, 0.29) is 12.6 Å². The zero-order valence-corrected chi connectivity index (χ0v) is 9.59. The highest BCUT2D eigenvalue weighted by molar-refractivity contribution is 5.00. The Kier molecular flexibility index (Phi) is 3.56. The molecule has 5 nitrogen and oxygen atoms in total. The second kappa shape index (κ2) is 4.93. The molecule has 16 heavy (non-hydrogen) atoms. The lowest BCUT2D eigenvalue weighted by Gasteiger charge is -2.03. The van der Waals surface area contributed by atoms with E-state index < -0.39 is 0 Å². The number of nitrogens with zero attached hydrogens (tertiary/aromatic N) is 2. The minimum absolute atomic E-state index is 0.0410. The molecule has 1 aromatic rings. The Labute approximate surface area is 95.0 Å². The van der Waals surface area contributed by atoms with Crippen LogP contribution in [-0.4, -0.2) is 21.9 Å². The minimum atomic E-state index is -0.343. The largest absolute Gasteiger partial charge is 0.396 e. The smallest absolute Gasteiger partial charge is 0.243 e. The highest BCUT2D eigenvalue weighted by Gasteiger charge is 2.27. The third-order valence-corrected chi connectivity index (χ3v) is 3.27. The van der Waals surface area contributed by atoms with Gasteiger partial charge in [0.2, 0.25) is 5.89 Å². The third kappa shape index (κ3) is 2.41. The summed E-state index contributed by atoms with van der Waals surface area (Å²) >= 11 is 0. The van der Waals surface area contributed by atoms with Crippen LogP contribution in [0.3, 0.4) is 0 Å². The normalized spacial score (nSPS) is 27.2. The fourth-order valence-electron chi connectivity index (χ4n) is 2.27. The van der Waals surface area contributed by atoms with Gasteiger partial charge in [-0.3, -0.25) is 0 Å². The van der Waals surface area contributed by atoms with E-state index in [0.717, 1.165) is 24.6 Å². The Morgan fingerprint density at radius 1 is 1.56 bits per heavy atom. The molecule has 1 saturated carbocycles. The summed E-state index contributed by atoms with van der Waals surface area (Å²) in [4.78, 5) is 4.33. The molecule has 0 aromatic carbocycles. The van der Waals surface area contributed by atoms with Crippen LogP contribution in [0, 0.1) is 5.92 Å². The molecule has 3 unspecified atom stereocenters. The van der Waals surface area contributed by atoms with Crippen molar-refractivity contribution in [3.8, 4) is 0 Å². The molecule has 5 heteroatoms. The van der Waals surface area contributed by atoms with Gasteiger partial charge in [0.1, 0.15) is 0 Å². The van der Waals surface area contributed by atoms with Crippen LogP contribution in [0.1, 0.15) is 56.3 Å². The first-order chi connectivity index (χ1) is 7.70. The molecule has 1 heterocycles. The molecule has 0 bridgehead atoms. The van der Waals surface area contributed by atoms with Crippen molar-refractivity contribution >= 4 is 0 Å². The molecular weight excluding hydrogens is 206 g/mol. The standard InChI is InChI=1S/C11H19N3O2/c1-7-2-3-8(6-7)10-13-11(16-14-10)9(12)4-5-15/h7-9,15H,2-6,12H2,1H3. The maximum atomic E-state index is 8.78. The van der Waals surface area contributed by atoms with Crippen molar-refractivity contribution in [3.63, 3.8) is 0 Å². The summed E-state index contributed by atoms with van der Waals surface area (Å²) in [6, 6.07) is -0.343. The van der Waals surface area contributed by atoms with Crippen LogP contribution in [-0.2, 0) is 0 Å². The molecular formula is C11H19N3O2. The first-order valence-electron chi connectivity index (χ1n) is 5.90. The zero-order chi connectivity index (χ0) is 11.5. The van der Waals surface area contributed by atoms with Crippen molar-refractivity contribution < 1.29 is 9.63 Å². The van der Waals surface area contributed by atoms with E-state index in [9.17, 15) is 0 Å². The Bertz CT molecular complexity index is 340. The van der Waals surface area contributed by atoms with Gasteiger partial charge < -0.3 is 15.4 Å². The SMILES string of the molecule is CC1CCC(c2noc(C(N)CCO)n2)C1. The van der Waals surface area contributed by atoms with Gasteiger partial charge in [-0.05, 0) is 31.6 Å². The molecule has 3 atom stereocenters. The fraction of sp³-hybridized carbons (Fsp3) is 0.818. The summed E-state index contributed by atoms with van der Waals surface area (Å²) < 4.78 is 5.13. The van der Waals surface area contributed by atoms with Gasteiger partial charge in [-0.25, -0.2) is 0 Å². The van der Waals surface area contributed by atoms with E-state index in [1.54, 1.807) is 0 Å². The maximum absolute atomic E-state index is 8.78. The highest BCUT2D eigenvalue weighted by Crippen LogP contribution is 2.36. The molecule has 0 radical (unpaired) electrons. The van der Waals surface area contributed by atoms with Crippen LogP contribution in [0.5, 0.6) is 0 Å². The molecule has 1 aliphatic rings. The Morgan fingerprint density at radius 3 is 3.00 bits per heavy atom. The van der Waals surface area contributed by atoms with Crippen LogP contribution in [0.2, 0.25) is 0 Å². The molecule has 0 saturated heterocycles. The Hall–Kier alpha value is -0.940. The second-order valence-corrected chi connectivity index (χ2v) is 4.72. The summed E-state index contributed by atoms with van der Waals surface area (Å²) in [7, 11) is 0. The quantitative estimate of drug-likeness (QED) is 0.808. The molecule has 0 aliphatic heterocycles. The number of aromatic nitrogens is 2. The van der Waals surface area contributed by atoms with E-state index in [4.69, 9.17) is 15.4 Å². The Morgan fingerprint density at radius 2 is 2.38 bits per heavy atom. The van der Waals surface area contributed by atoms with E-state index in [1.165, 1.54) is 6.42 Å². The fourth-order valence-corrected chi connectivity index (χ4v) is 2.27. The first-order valence-corrected chi connectivity index (χ1v) is 5.90. The lowest BCUT2D eigenvalue weighted by atomic mass is 10.1. The number of aliphatic hydroxyl groups is 1. The number of rotatable bonds is 4. The predicted octanol–water partition coefficient (Wildman–Crippen LogP) is 1.36. The molecule has 2 rings (SSSR count). The summed E-state index contributed by atoms with van der Waals surface area (Å²) in [6.07, 6.45) is 3.96. The number of nitrogens with two attached hydrogens (primary N) is 1. The average Bonchev–Trinajstić information content (AvgIpc) is 2.85. The van der Waals surface area contributed by atoms with Crippen molar-refractivity contribution in [1.29, 1.82) is 0 Å². The average molecular weight is 225 g/mol. The summed E-state index contributed by atoms with van der Waals surface area (Å²) in [5.74, 6) is 2.41. The summed E-state index contributed by atoms with van der Waals surface area (Å²) in [6.45, 7) is 2.29. The van der Waals surface area contributed by atoms with Gasteiger partial charge in [-0.2, -0.15) is 4.98 Å². The molecule has 1 fully saturated rings. The second-order valence-electron chi connectivity index (χ2n) is 4.72. The summed E-state index contributed by atoms with van der Waals surface area (Å²) in [5.41, 5.74) is 5.79. The predicted molar refractivity (Wildman–Crippen MR) is 58.7 cm³/mol. The van der Waals surface area contributed by atoms with E-state index in [0.29, 0.717) is 18.2 Å². The van der Waals surface area contributed by atoms with Crippen molar-refractivity contribution in [2.45, 2.75) is 44.6 Å². The topological polar surface area (TPSA) is 85.2 Å². The molecule has 0 spiro atoms. The zero-order valence-electron chi connectivity index (χ0n) is 9.59.